The molecule has 18 heavy (non-hydrogen) atoms. The second-order valence-electron chi connectivity index (χ2n) is 3.94. The van der Waals surface area contributed by atoms with E-state index >= 15 is 0 Å². The zero-order valence-corrected chi connectivity index (χ0v) is 9.61. The van der Waals surface area contributed by atoms with Gasteiger partial charge in [-0.1, -0.05) is 18.2 Å². The van der Waals surface area contributed by atoms with Gasteiger partial charge in [-0.3, -0.25) is 9.48 Å². The van der Waals surface area contributed by atoms with Crippen LogP contribution in [0.5, 0.6) is 0 Å². The van der Waals surface area contributed by atoms with Gasteiger partial charge >= 0.3 is 6.18 Å². The molecular weight excluding hydrogens is 245 g/mol. The van der Waals surface area contributed by atoms with Crippen molar-refractivity contribution in [3.63, 3.8) is 0 Å². The fourth-order valence-corrected chi connectivity index (χ4v) is 1.79. The Labute approximate surface area is 101 Å². The number of para-hydroxylation sites is 1. The van der Waals surface area contributed by atoms with Crippen molar-refractivity contribution >= 4 is 0 Å². The van der Waals surface area contributed by atoms with Crippen LogP contribution in [-0.2, 0) is 6.54 Å². The first kappa shape index (κ1) is 12.5. The highest BCUT2D eigenvalue weighted by molar-refractivity contribution is 5.31. The number of alkyl halides is 3. The monoisotopic (exact) mass is 256 g/mol. The summed E-state index contributed by atoms with van der Waals surface area (Å²) in [6.07, 6.45) is -4.37. The minimum atomic E-state index is -4.37. The summed E-state index contributed by atoms with van der Waals surface area (Å²) in [7, 11) is 0. The molecule has 2 rings (SSSR count). The molecule has 0 N–H and O–H groups in total. The lowest BCUT2D eigenvalue weighted by Gasteiger charge is -2.15. The normalized spacial score (nSPS) is 11.8. The zero-order chi connectivity index (χ0) is 13.3. The van der Waals surface area contributed by atoms with E-state index in [2.05, 4.69) is 0 Å². The molecule has 0 fully saturated rings. The minimum absolute atomic E-state index is 0.279. The van der Waals surface area contributed by atoms with Gasteiger partial charge < -0.3 is 0 Å². The Morgan fingerprint density at radius 1 is 1.17 bits per heavy atom. The van der Waals surface area contributed by atoms with Crippen molar-refractivity contribution in [1.82, 2.24) is 9.36 Å². The molecule has 3 nitrogen and oxygen atoms in total. The molecule has 0 aliphatic heterocycles. The smallest absolute Gasteiger partial charge is 0.273 e. The highest BCUT2D eigenvalue weighted by Crippen LogP contribution is 2.19. The molecule has 0 amide bonds. The van der Waals surface area contributed by atoms with E-state index in [0.717, 1.165) is 9.36 Å². The SMILES string of the molecule is Cc1cc(=O)n(-c2ccccc2)n1CC(F)(F)F. The maximum Gasteiger partial charge on any atom is 0.407 e. The van der Waals surface area contributed by atoms with Crippen molar-refractivity contribution in [3.05, 3.63) is 52.4 Å². The summed E-state index contributed by atoms with van der Waals surface area (Å²) < 4.78 is 39.4. The van der Waals surface area contributed by atoms with Gasteiger partial charge in [-0.25, -0.2) is 4.68 Å². The second kappa shape index (κ2) is 4.36. The van der Waals surface area contributed by atoms with E-state index in [4.69, 9.17) is 0 Å². The summed E-state index contributed by atoms with van der Waals surface area (Å²) in [4.78, 5) is 11.7. The predicted octanol–water partition coefficient (Wildman–Crippen LogP) is 2.51. The molecule has 0 aliphatic rings. The Balaban J connectivity index is 2.57. The molecule has 0 saturated heterocycles. The van der Waals surface area contributed by atoms with E-state index in [1.165, 1.54) is 13.0 Å². The van der Waals surface area contributed by atoms with Crippen LogP contribution >= 0.6 is 0 Å². The molecular formula is C12H11F3N2O. The van der Waals surface area contributed by atoms with Crippen LogP contribution in [0.25, 0.3) is 5.69 Å². The van der Waals surface area contributed by atoms with Crippen LogP contribution in [0.2, 0.25) is 0 Å². The Morgan fingerprint density at radius 3 is 2.33 bits per heavy atom. The largest absolute Gasteiger partial charge is 0.407 e. The minimum Gasteiger partial charge on any atom is -0.273 e. The molecule has 0 radical (unpaired) electrons. The summed E-state index contributed by atoms with van der Waals surface area (Å²) in [5.74, 6) is 0. The molecule has 0 bridgehead atoms. The second-order valence-corrected chi connectivity index (χ2v) is 3.94. The third kappa shape index (κ3) is 2.47. The maximum atomic E-state index is 12.5. The predicted molar refractivity (Wildman–Crippen MR) is 60.8 cm³/mol. The molecule has 0 unspecified atom stereocenters. The van der Waals surface area contributed by atoms with Gasteiger partial charge in [-0.2, -0.15) is 13.2 Å². The van der Waals surface area contributed by atoms with Gasteiger partial charge in [0.1, 0.15) is 6.54 Å². The molecule has 0 saturated carbocycles. The average molecular weight is 256 g/mol. The summed E-state index contributed by atoms with van der Waals surface area (Å²) in [6, 6.07) is 9.45. The van der Waals surface area contributed by atoms with Crippen LogP contribution in [0.1, 0.15) is 5.69 Å². The molecule has 0 spiro atoms. The summed E-state index contributed by atoms with van der Waals surface area (Å²) in [5, 5.41) is 0. The van der Waals surface area contributed by atoms with Gasteiger partial charge in [0.15, 0.2) is 0 Å². The van der Waals surface area contributed by atoms with Crippen LogP contribution in [0.15, 0.2) is 41.2 Å². The van der Waals surface area contributed by atoms with E-state index in [9.17, 15) is 18.0 Å². The average Bonchev–Trinajstić information content (AvgIpc) is 2.53. The van der Waals surface area contributed by atoms with Crippen LogP contribution in [0.4, 0.5) is 13.2 Å². The van der Waals surface area contributed by atoms with Crippen LogP contribution in [0, 0.1) is 6.92 Å². The number of hydrogen-bond donors (Lipinski definition) is 0. The fraction of sp³-hybridized carbons (Fsp3) is 0.250. The first-order valence-corrected chi connectivity index (χ1v) is 5.30. The fourth-order valence-electron chi connectivity index (χ4n) is 1.79. The molecule has 0 atom stereocenters. The maximum absolute atomic E-state index is 12.5. The lowest BCUT2D eigenvalue weighted by molar-refractivity contribution is -0.144. The Hall–Kier alpha value is -1.98. The Kier molecular flexibility index (Phi) is 3.02. The van der Waals surface area contributed by atoms with Crippen LogP contribution in [0.3, 0.4) is 0 Å². The van der Waals surface area contributed by atoms with Gasteiger partial charge in [-0.05, 0) is 19.1 Å². The molecule has 2 aromatic rings. The number of halogens is 3. The summed E-state index contributed by atoms with van der Waals surface area (Å²) >= 11 is 0. The van der Waals surface area contributed by atoms with Crippen molar-refractivity contribution in [2.24, 2.45) is 0 Å². The van der Waals surface area contributed by atoms with E-state index in [1.807, 2.05) is 0 Å². The number of hydrogen-bond acceptors (Lipinski definition) is 1. The Morgan fingerprint density at radius 2 is 1.78 bits per heavy atom. The summed E-state index contributed by atoms with van der Waals surface area (Å²) in [5.41, 5.74) is 0.226. The molecule has 1 aromatic carbocycles. The quantitative estimate of drug-likeness (QED) is 0.811. The van der Waals surface area contributed by atoms with Gasteiger partial charge in [0, 0.05) is 11.8 Å². The highest BCUT2D eigenvalue weighted by Gasteiger charge is 2.30. The number of benzene rings is 1. The first-order chi connectivity index (χ1) is 8.38. The first-order valence-electron chi connectivity index (χ1n) is 5.30. The third-order valence-electron chi connectivity index (χ3n) is 2.52. The third-order valence-corrected chi connectivity index (χ3v) is 2.52. The molecule has 0 aliphatic carbocycles. The van der Waals surface area contributed by atoms with Crippen molar-refractivity contribution < 1.29 is 13.2 Å². The molecule has 1 aromatic heterocycles. The van der Waals surface area contributed by atoms with E-state index < -0.39 is 18.3 Å². The zero-order valence-electron chi connectivity index (χ0n) is 9.61. The van der Waals surface area contributed by atoms with Gasteiger partial charge in [0.05, 0.1) is 5.69 Å². The standard InChI is InChI=1S/C12H11F3N2O/c1-9-7-11(18)17(10-5-3-2-4-6-10)16(9)8-12(13,14)15/h2-7H,8H2,1H3. The van der Waals surface area contributed by atoms with Gasteiger partial charge in [-0.15, -0.1) is 0 Å². The van der Waals surface area contributed by atoms with Crippen LogP contribution in [-0.4, -0.2) is 15.5 Å². The lowest BCUT2D eigenvalue weighted by atomic mass is 10.3. The topological polar surface area (TPSA) is 26.9 Å². The highest BCUT2D eigenvalue weighted by atomic mass is 19.4. The van der Waals surface area contributed by atoms with Crippen molar-refractivity contribution in [3.8, 4) is 5.69 Å². The number of aryl methyl sites for hydroxylation is 1. The van der Waals surface area contributed by atoms with Gasteiger partial charge in [0.25, 0.3) is 5.56 Å². The number of nitrogens with zero attached hydrogens (tertiary/aromatic N) is 2. The van der Waals surface area contributed by atoms with Crippen molar-refractivity contribution in [2.45, 2.75) is 19.6 Å². The van der Waals surface area contributed by atoms with Crippen molar-refractivity contribution in [2.75, 3.05) is 0 Å². The van der Waals surface area contributed by atoms with Gasteiger partial charge in [0.2, 0.25) is 0 Å². The molecule has 96 valence electrons. The summed E-state index contributed by atoms with van der Waals surface area (Å²) in [6.45, 7) is 0.294. The number of aromatic nitrogens is 2. The van der Waals surface area contributed by atoms with E-state index in [-0.39, 0.29) is 5.69 Å². The van der Waals surface area contributed by atoms with E-state index in [1.54, 1.807) is 30.3 Å². The number of rotatable bonds is 2. The van der Waals surface area contributed by atoms with Crippen molar-refractivity contribution in [1.29, 1.82) is 0 Å². The Bertz CT molecular complexity index is 596. The lowest BCUT2D eigenvalue weighted by Crippen LogP contribution is -2.27. The van der Waals surface area contributed by atoms with E-state index in [0.29, 0.717) is 5.69 Å². The van der Waals surface area contributed by atoms with Crippen LogP contribution < -0.4 is 5.56 Å². The molecule has 6 heteroatoms. The molecule has 1 heterocycles.